The molecule has 2 aliphatic carbocycles. The van der Waals surface area contributed by atoms with Gasteiger partial charge >= 0.3 is 5.97 Å². The second kappa shape index (κ2) is 8.39. The molecule has 8 heteroatoms. The molecule has 0 heterocycles. The van der Waals surface area contributed by atoms with Gasteiger partial charge in [-0.3, -0.25) is 9.59 Å². The number of hydrogen-bond donors (Lipinski definition) is 1. The first-order valence-corrected chi connectivity index (χ1v) is 10.9. The predicted octanol–water partition coefficient (Wildman–Crippen LogP) is 1.93. The van der Waals surface area contributed by atoms with Gasteiger partial charge in [-0.2, -0.15) is 0 Å². The van der Waals surface area contributed by atoms with Crippen LogP contribution in [-0.4, -0.2) is 50.9 Å². The van der Waals surface area contributed by atoms with Crippen LogP contribution in [0.5, 0.6) is 0 Å². The van der Waals surface area contributed by atoms with Gasteiger partial charge in [-0.15, -0.1) is 0 Å². The van der Waals surface area contributed by atoms with Gasteiger partial charge in [0.2, 0.25) is 10.0 Å². The highest BCUT2D eigenvalue weighted by atomic mass is 32.2. The van der Waals surface area contributed by atoms with Gasteiger partial charge in [0.05, 0.1) is 17.9 Å². The van der Waals surface area contributed by atoms with E-state index in [1.807, 2.05) is 0 Å². The molecule has 0 atom stereocenters. The SMILES string of the molecule is CCOC(=O)CCN(CC1CC1)C(=O)c1cccc(S(=O)(=O)NC2CC2)c1. The molecule has 0 spiro atoms. The zero-order valence-corrected chi connectivity index (χ0v) is 16.3. The van der Waals surface area contributed by atoms with E-state index in [1.54, 1.807) is 24.0 Å². The van der Waals surface area contributed by atoms with E-state index in [4.69, 9.17) is 4.74 Å². The Morgan fingerprint density at radius 2 is 1.96 bits per heavy atom. The van der Waals surface area contributed by atoms with Gasteiger partial charge in [0, 0.05) is 24.7 Å². The minimum atomic E-state index is -3.62. The summed E-state index contributed by atoms with van der Waals surface area (Å²) in [4.78, 5) is 26.3. The number of sulfonamides is 1. The van der Waals surface area contributed by atoms with Crippen molar-refractivity contribution in [3.8, 4) is 0 Å². The van der Waals surface area contributed by atoms with E-state index in [1.165, 1.54) is 12.1 Å². The Bertz CT molecular complexity index is 800. The number of esters is 1. The number of carbonyl (C=O) groups excluding carboxylic acids is 2. The van der Waals surface area contributed by atoms with Crippen LogP contribution in [0.15, 0.2) is 29.2 Å². The summed E-state index contributed by atoms with van der Waals surface area (Å²) in [7, 11) is -3.62. The lowest BCUT2D eigenvalue weighted by Crippen LogP contribution is -2.35. The molecule has 0 unspecified atom stereocenters. The molecule has 2 saturated carbocycles. The fourth-order valence-electron chi connectivity index (χ4n) is 2.81. The molecule has 2 aliphatic rings. The Balaban J connectivity index is 1.72. The molecule has 3 rings (SSSR count). The van der Waals surface area contributed by atoms with Crippen LogP contribution in [0, 0.1) is 5.92 Å². The lowest BCUT2D eigenvalue weighted by atomic mass is 10.2. The van der Waals surface area contributed by atoms with Crippen LogP contribution in [0.2, 0.25) is 0 Å². The van der Waals surface area contributed by atoms with E-state index < -0.39 is 10.0 Å². The smallest absolute Gasteiger partial charge is 0.307 e. The normalized spacial score (nSPS) is 16.8. The third kappa shape index (κ3) is 5.77. The van der Waals surface area contributed by atoms with E-state index in [9.17, 15) is 18.0 Å². The second-order valence-corrected chi connectivity index (χ2v) is 8.89. The number of rotatable bonds is 10. The van der Waals surface area contributed by atoms with Crippen LogP contribution < -0.4 is 4.72 Å². The molecule has 7 nitrogen and oxygen atoms in total. The van der Waals surface area contributed by atoms with Crippen molar-refractivity contribution in [2.75, 3.05) is 19.7 Å². The summed E-state index contributed by atoms with van der Waals surface area (Å²) in [6.07, 6.45) is 3.97. The van der Waals surface area contributed by atoms with Crippen LogP contribution in [-0.2, 0) is 19.6 Å². The van der Waals surface area contributed by atoms with E-state index in [0.29, 0.717) is 24.6 Å². The van der Waals surface area contributed by atoms with Gasteiger partial charge in [-0.05, 0) is 56.7 Å². The lowest BCUT2D eigenvalue weighted by molar-refractivity contribution is -0.143. The summed E-state index contributed by atoms with van der Waals surface area (Å²) in [6, 6.07) is 6.10. The van der Waals surface area contributed by atoms with Gasteiger partial charge in [0.15, 0.2) is 0 Å². The average molecular weight is 394 g/mol. The summed E-state index contributed by atoms with van der Waals surface area (Å²) in [6.45, 7) is 2.90. The molecule has 148 valence electrons. The fourth-order valence-corrected chi connectivity index (χ4v) is 4.17. The summed E-state index contributed by atoms with van der Waals surface area (Å²) in [5.41, 5.74) is 0.318. The molecule has 27 heavy (non-hydrogen) atoms. The van der Waals surface area contributed by atoms with Crippen molar-refractivity contribution in [1.29, 1.82) is 0 Å². The number of nitrogens with one attached hydrogen (secondary N) is 1. The molecule has 0 aliphatic heterocycles. The van der Waals surface area contributed by atoms with Gasteiger partial charge < -0.3 is 9.64 Å². The number of carbonyl (C=O) groups is 2. The van der Waals surface area contributed by atoms with Crippen molar-refractivity contribution >= 4 is 21.9 Å². The average Bonchev–Trinajstić information content (AvgIpc) is 3.55. The number of ether oxygens (including phenoxy) is 1. The third-order valence-electron chi connectivity index (χ3n) is 4.64. The maximum absolute atomic E-state index is 13.0. The van der Waals surface area contributed by atoms with Crippen LogP contribution >= 0.6 is 0 Å². The highest BCUT2D eigenvalue weighted by molar-refractivity contribution is 7.89. The fraction of sp³-hybridized carbons (Fsp3) is 0.579. The highest BCUT2D eigenvalue weighted by Crippen LogP contribution is 2.30. The molecule has 0 aromatic heterocycles. The quantitative estimate of drug-likeness (QED) is 0.612. The molecule has 1 aromatic rings. The first kappa shape index (κ1) is 19.8. The minimum absolute atomic E-state index is 0.00491. The first-order chi connectivity index (χ1) is 12.9. The summed E-state index contributed by atoms with van der Waals surface area (Å²) in [5.74, 6) is -0.134. The summed E-state index contributed by atoms with van der Waals surface area (Å²) >= 11 is 0. The summed E-state index contributed by atoms with van der Waals surface area (Å²) in [5, 5.41) is 0. The van der Waals surface area contributed by atoms with Crippen molar-refractivity contribution in [1.82, 2.24) is 9.62 Å². The van der Waals surface area contributed by atoms with Crippen LogP contribution in [0.4, 0.5) is 0 Å². The van der Waals surface area contributed by atoms with Crippen molar-refractivity contribution in [2.24, 2.45) is 5.92 Å². The number of amides is 1. The van der Waals surface area contributed by atoms with Gasteiger partial charge in [0.1, 0.15) is 0 Å². The van der Waals surface area contributed by atoms with Crippen molar-refractivity contribution in [3.63, 3.8) is 0 Å². The summed E-state index contributed by atoms with van der Waals surface area (Å²) < 4.78 is 32.4. The Morgan fingerprint density at radius 1 is 1.22 bits per heavy atom. The number of benzene rings is 1. The monoisotopic (exact) mass is 394 g/mol. The minimum Gasteiger partial charge on any atom is -0.466 e. The zero-order valence-electron chi connectivity index (χ0n) is 15.5. The van der Waals surface area contributed by atoms with Crippen molar-refractivity contribution in [3.05, 3.63) is 29.8 Å². The van der Waals surface area contributed by atoms with E-state index in [0.717, 1.165) is 25.7 Å². The molecular formula is C19H26N2O5S. The molecule has 1 amide bonds. The molecular weight excluding hydrogens is 368 g/mol. The van der Waals surface area contributed by atoms with Gasteiger partial charge in [-0.25, -0.2) is 13.1 Å². The van der Waals surface area contributed by atoms with Gasteiger partial charge in [-0.1, -0.05) is 6.07 Å². The van der Waals surface area contributed by atoms with E-state index in [2.05, 4.69) is 4.72 Å². The van der Waals surface area contributed by atoms with E-state index in [-0.39, 0.29) is 35.8 Å². The molecule has 0 bridgehead atoms. The Kier molecular flexibility index (Phi) is 6.16. The molecule has 0 radical (unpaired) electrons. The molecule has 1 N–H and O–H groups in total. The maximum Gasteiger partial charge on any atom is 0.307 e. The predicted molar refractivity (Wildman–Crippen MR) is 99.7 cm³/mol. The second-order valence-electron chi connectivity index (χ2n) is 7.17. The number of hydrogen-bond acceptors (Lipinski definition) is 5. The molecule has 1 aromatic carbocycles. The van der Waals surface area contributed by atoms with Crippen LogP contribution in [0.1, 0.15) is 49.4 Å². The topological polar surface area (TPSA) is 92.8 Å². The lowest BCUT2D eigenvalue weighted by Gasteiger charge is -2.22. The largest absolute Gasteiger partial charge is 0.466 e. The van der Waals surface area contributed by atoms with Gasteiger partial charge in [0.25, 0.3) is 5.91 Å². The Morgan fingerprint density at radius 3 is 2.59 bits per heavy atom. The standard InChI is InChI=1S/C19H26N2O5S/c1-2-26-18(22)10-11-21(13-14-6-7-14)19(23)15-4-3-5-17(12-15)27(24,25)20-16-8-9-16/h3-5,12,14,16,20H,2,6-11,13H2,1H3. The van der Waals surface area contributed by atoms with E-state index >= 15 is 0 Å². The zero-order chi connectivity index (χ0) is 19.4. The first-order valence-electron chi connectivity index (χ1n) is 9.46. The molecule has 2 fully saturated rings. The maximum atomic E-state index is 13.0. The Labute approximate surface area is 160 Å². The third-order valence-corrected chi connectivity index (χ3v) is 6.16. The van der Waals surface area contributed by atoms with Crippen LogP contribution in [0.25, 0.3) is 0 Å². The highest BCUT2D eigenvalue weighted by Gasteiger charge is 2.30. The Hall–Kier alpha value is -1.93. The van der Waals surface area contributed by atoms with Crippen molar-refractivity contribution in [2.45, 2.75) is 50.0 Å². The van der Waals surface area contributed by atoms with Crippen molar-refractivity contribution < 1.29 is 22.7 Å². The molecule has 0 saturated heterocycles. The number of nitrogens with zero attached hydrogens (tertiary/aromatic N) is 1. The van der Waals surface area contributed by atoms with Crippen LogP contribution in [0.3, 0.4) is 0 Å².